The largest absolute Gasteiger partial charge is 0.493 e. The van der Waals surface area contributed by atoms with Crippen molar-refractivity contribution in [2.24, 2.45) is 40.4 Å². The van der Waals surface area contributed by atoms with Crippen LogP contribution in [0.1, 0.15) is 104 Å². The van der Waals surface area contributed by atoms with E-state index in [0.29, 0.717) is 36.0 Å². The van der Waals surface area contributed by atoms with Crippen LogP contribution in [0.25, 0.3) is 0 Å². The number of fused-ring (bicyclic) bond motifs is 4. The highest BCUT2D eigenvalue weighted by Crippen LogP contribution is 2.73. The SMILES string of the molecule is COc1cc2c(cc1OC)[C@]1(CCC3C(COC(=O)C(C)(C)C)C31)[C@@H](OC(C)=O)[C@H]2CC1C(C)CCCC1(C)C. The molecular weight excluding hydrogens is 504 g/mol. The molecule has 0 amide bonds. The Hall–Kier alpha value is -2.24. The van der Waals surface area contributed by atoms with Gasteiger partial charge in [0.2, 0.25) is 0 Å². The molecule has 3 fully saturated rings. The molecule has 6 heteroatoms. The zero-order chi connectivity index (χ0) is 29.2. The van der Waals surface area contributed by atoms with Gasteiger partial charge in [0.05, 0.1) is 26.2 Å². The van der Waals surface area contributed by atoms with Crippen molar-refractivity contribution in [3.05, 3.63) is 23.3 Å². The van der Waals surface area contributed by atoms with Crippen LogP contribution < -0.4 is 9.47 Å². The molecule has 1 aromatic carbocycles. The fourth-order valence-corrected chi connectivity index (χ4v) is 9.19. The van der Waals surface area contributed by atoms with Crippen LogP contribution in [0.5, 0.6) is 11.5 Å². The van der Waals surface area contributed by atoms with Crippen molar-refractivity contribution < 1.29 is 28.5 Å². The van der Waals surface area contributed by atoms with Crippen molar-refractivity contribution in [1.29, 1.82) is 0 Å². The first-order valence-electron chi connectivity index (χ1n) is 15.4. The molecule has 8 atom stereocenters. The molecule has 0 N–H and O–H groups in total. The fraction of sp³-hybridized carbons (Fsp3) is 0.765. The third-order valence-corrected chi connectivity index (χ3v) is 11.1. The highest BCUT2D eigenvalue weighted by Gasteiger charge is 2.72. The van der Waals surface area contributed by atoms with Gasteiger partial charge in [0, 0.05) is 24.2 Å². The van der Waals surface area contributed by atoms with E-state index in [1.54, 1.807) is 21.1 Å². The van der Waals surface area contributed by atoms with E-state index in [1.165, 1.54) is 30.4 Å². The molecule has 0 saturated heterocycles. The normalized spacial score (nSPS) is 35.6. The predicted octanol–water partition coefficient (Wildman–Crippen LogP) is 7.07. The maximum absolute atomic E-state index is 12.8. The number of hydrogen-bond acceptors (Lipinski definition) is 6. The molecule has 40 heavy (non-hydrogen) atoms. The molecule has 222 valence electrons. The van der Waals surface area contributed by atoms with Crippen molar-refractivity contribution in [1.82, 2.24) is 0 Å². The van der Waals surface area contributed by atoms with E-state index in [4.69, 9.17) is 18.9 Å². The zero-order valence-corrected chi connectivity index (χ0v) is 26.1. The molecule has 5 rings (SSSR count). The summed E-state index contributed by atoms with van der Waals surface area (Å²) in [6, 6.07) is 4.33. The average Bonchev–Trinajstić information content (AvgIpc) is 3.35. The summed E-state index contributed by atoms with van der Waals surface area (Å²) in [5.41, 5.74) is 1.89. The second-order valence-electron chi connectivity index (χ2n) is 14.9. The van der Waals surface area contributed by atoms with Crippen LogP contribution in [0.2, 0.25) is 0 Å². The van der Waals surface area contributed by atoms with E-state index >= 15 is 0 Å². The maximum Gasteiger partial charge on any atom is 0.311 e. The summed E-state index contributed by atoms with van der Waals surface area (Å²) in [5, 5.41) is 0. The first kappa shape index (κ1) is 29.3. The highest BCUT2D eigenvalue weighted by molar-refractivity contribution is 5.75. The number of benzene rings is 1. The van der Waals surface area contributed by atoms with Crippen LogP contribution in [0.4, 0.5) is 0 Å². The molecule has 4 aliphatic rings. The van der Waals surface area contributed by atoms with Crippen LogP contribution in [0.15, 0.2) is 12.1 Å². The molecule has 4 aliphatic carbocycles. The standard InChI is InChI=1S/C34H50O6/c1-19-11-10-13-33(6,7)25(19)15-23-22-16-27(37-8)28(38-9)17-26(22)34(30(23)40-20(2)35)14-12-21-24(29(21)34)18-39-31(36)32(3,4)5/h16-17,19,21,23-25,29-30H,10-15,18H2,1-9H3/t19?,21?,23-,24?,25?,29?,30-,34-/m0/s1. The van der Waals surface area contributed by atoms with Gasteiger partial charge in [-0.25, -0.2) is 0 Å². The molecule has 6 nitrogen and oxygen atoms in total. The second kappa shape index (κ2) is 10.2. The van der Waals surface area contributed by atoms with Gasteiger partial charge in [-0.3, -0.25) is 9.59 Å². The van der Waals surface area contributed by atoms with Crippen molar-refractivity contribution >= 4 is 11.9 Å². The molecule has 1 aromatic rings. The van der Waals surface area contributed by atoms with E-state index in [2.05, 4.69) is 32.9 Å². The van der Waals surface area contributed by atoms with Gasteiger partial charge in [-0.2, -0.15) is 0 Å². The molecule has 1 spiro atoms. The van der Waals surface area contributed by atoms with Crippen molar-refractivity contribution in [2.75, 3.05) is 20.8 Å². The summed E-state index contributed by atoms with van der Waals surface area (Å²) in [6.45, 7) is 14.9. The molecule has 0 bridgehead atoms. The summed E-state index contributed by atoms with van der Waals surface area (Å²) in [4.78, 5) is 25.4. The Morgan fingerprint density at radius 2 is 1.70 bits per heavy atom. The Balaban J connectivity index is 1.57. The van der Waals surface area contributed by atoms with Gasteiger partial charge in [0.15, 0.2) is 11.5 Å². The average molecular weight is 555 g/mol. The molecule has 5 unspecified atom stereocenters. The monoisotopic (exact) mass is 554 g/mol. The van der Waals surface area contributed by atoms with Crippen molar-refractivity contribution in [3.63, 3.8) is 0 Å². The summed E-state index contributed by atoms with van der Waals surface area (Å²) in [6.07, 6.45) is 6.49. The maximum atomic E-state index is 12.8. The lowest BCUT2D eigenvalue weighted by Gasteiger charge is -2.45. The van der Waals surface area contributed by atoms with Crippen molar-refractivity contribution in [2.45, 2.75) is 104 Å². The summed E-state index contributed by atoms with van der Waals surface area (Å²) < 4.78 is 23.9. The Labute approximate surface area is 240 Å². The topological polar surface area (TPSA) is 71.1 Å². The Morgan fingerprint density at radius 1 is 1.02 bits per heavy atom. The molecule has 0 heterocycles. The van der Waals surface area contributed by atoms with Gasteiger partial charge in [-0.05, 0) is 98.8 Å². The van der Waals surface area contributed by atoms with Crippen LogP contribution in [0, 0.1) is 40.4 Å². The second-order valence-corrected chi connectivity index (χ2v) is 14.9. The smallest absolute Gasteiger partial charge is 0.311 e. The Kier molecular flexibility index (Phi) is 7.49. The lowest BCUT2D eigenvalue weighted by molar-refractivity contribution is -0.154. The fourth-order valence-electron chi connectivity index (χ4n) is 9.19. The van der Waals surface area contributed by atoms with Gasteiger partial charge in [-0.1, -0.05) is 33.6 Å². The molecule has 0 aliphatic heterocycles. The summed E-state index contributed by atoms with van der Waals surface area (Å²) in [7, 11) is 3.37. The molecular formula is C34H50O6. The van der Waals surface area contributed by atoms with Crippen molar-refractivity contribution in [3.8, 4) is 11.5 Å². The van der Waals surface area contributed by atoms with Crippen LogP contribution in [0.3, 0.4) is 0 Å². The third kappa shape index (κ3) is 4.71. The first-order valence-corrected chi connectivity index (χ1v) is 15.4. The van der Waals surface area contributed by atoms with Gasteiger partial charge >= 0.3 is 11.9 Å². The Morgan fingerprint density at radius 3 is 2.30 bits per heavy atom. The highest BCUT2D eigenvalue weighted by atomic mass is 16.5. The van der Waals surface area contributed by atoms with E-state index in [1.807, 2.05) is 20.8 Å². The van der Waals surface area contributed by atoms with Gasteiger partial charge < -0.3 is 18.9 Å². The van der Waals surface area contributed by atoms with E-state index in [0.717, 1.165) is 25.0 Å². The number of carbonyl (C=O) groups is 2. The molecule has 0 aromatic heterocycles. The number of esters is 2. The van der Waals surface area contributed by atoms with Gasteiger partial charge in [0.25, 0.3) is 0 Å². The van der Waals surface area contributed by atoms with E-state index in [9.17, 15) is 9.59 Å². The van der Waals surface area contributed by atoms with Crippen LogP contribution in [-0.4, -0.2) is 38.9 Å². The van der Waals surface area contributed by atoms with Gasteiger partial charge in [-0.15, -0.1) is 0 Å². The minimum absolute atomic E-state index is 0.0839. The lowest BCUT2D eigenvalue weighted by Crippen LogP contribution is -2.44. The number of hydrogen-bond donors (Lipinski definition) is 0. The predicted molar refractivity (Wildman–Crippen MR) is 155 cm³/mol. The lowest BCUT2D eigenvalue weighted by atomic mass is 9.60. The molecule has 0 radical (unpaired) electrons. The first-order chi connectivity index (χ1) is 18.8. The number of carbonyl (C=O) groups excluding carboxylic acids is 2. The minimum atomic E-state index is -0.527. The van der Waals surface area contributed by atoms with E-state index in [-0.39, 0.29) is 40.7 Å². The van der Waals surface area contributed by atoms with Gasteiger partial charge in [0.1, 0.15) is 6.10 Å². The summed E-state index contributed by atoms with van der Waals surface area (Å²) >= 11 is 0. The van der Waals surface area contributed by atoms with Crippen LogP contribution in [-0.2, 0) is 24.5 Å². The number of rotatable bonds is 7. The number of ether oxygens (including phenoxy) is 4. The third-order valence-electron chi connectivity index (χ3n) is 11.1. The summed E-state index contributed by atoms with van der Waals surface area (Å²) in [5.74, 6) is 3.34. The zero-order valence-electron chi connectivity index (χ0n) is 26.1. The number of methoxy groups -OCH3 is 2. The van der Waals surface area contributed by atoms with E-state index < -0.39 is 5.41 Å². The Bertz CT molecular complexity index is 1150. The van der Waals surface area contributed by atoms with Crippen LogP contribution >= 0.6 is 0 Å². The minimum Gasteiger partial charge on any atom is -0.493 e. The quantitative estimate of drug-likeness (QED) is 0.336. The molecule has 3 saturated carbocycles.